The minimum Gasteiger partial charge on any atom is -0.385 e. The van der Waals surface area contributed by atoms with Crippen LogP contribution in [0, 0.1) is 5.82 Å². The highest BCUT2D eigenvalue weighted by Gasteiger charge is 2.14. The van der Waals surface area contributed by atoms with Gasteiger partial charge in [0.2, 0.25) is 0 Å². The number of rotatable bonds is 2. The second-order valence-corrected chi connectivity index (χ2v) is 4.82. The zero-order valence-electron chi connectivity index (χ0n) is 10.9. The van der Waals surface area contributed by atoms with Gasteiger partial charge in [0.05, 0.1) is 0 Å². The number of carbonyl (C=O) groups is 1. The third-order valence-corrected chi connectivity index (χ3v) is 3.45. The molecule has 3 nitrogen and oxygen atoms in total. The van der Waals surface area contributed by atoms with Crippen LogP contribution in [0.25, 0.3) is 0 Å². The minimum atomic E-state index is -0.345. The lowest BCUT2D eigenvalue weighted by atomic mass is 10.0. The first kappa shape index (κ1) is 12.7. The van der Waals surface area contributed by atoms with Gasteiger partial charge in [-0.1, -0.05) is 6.07 Å². The summed E-state index contributed by atoms with van der Waals surface area (Å²) in [6.45, 7) is 0.961. The molecule has 0 saturated heterocycles. The van der Waals surface area contributed by atoms with Gasteiger partial charge in [0.25, 0.3) is 5.91 Å². The van der Waals surface area contributed by atoms with E-state index in [1.54, 1.807) is 0 Å². The Balaban J connectivity index is 1.84. The van der Waals surface area contributed by atoms with E-state index in [4.69, 9.17) is 0 Å². The molecule has 0 fully saturated rings. The molecular formula is C16H15FN2O. The van der Waals surface area contributed by atoms with Crippen molar-refractivity contribution in [3.63, 3.8) is 0 Å². The normalized spacial score (nSPS) is 13.2. The summed E-state index contributed by atoms with van der Waals surface area (Å²) in [6.07, 6.45) is 2.00. The van der Waals surface area contributed by atoms with Gasteiger partial charge in [-0.2, -0.15) is 0 Å². The van der Waals surface area contributed by atoms with Crippen LogP contribution in [0.1, 0.15) is 22.3 Å². The maximum absolute atomic E-state index is 12.9. The van der Waals surface area contributed by atoms with Gasteiger partial charge in [-0.25, -0.2) is 4.39 Å². The van der Waals surface area contributed by atoms with Crippen LogP contribution in [0.4, 0.5) is 15.8 Å². The summed E-state index contributed by atoms with van der Waals surface area (Å²) in [5.74, 6) is -0.563. The predicted octanol–water partition coefficient (Wildman–Crippen LogP) is 3.44. The molecule has 0 atom stereocenters. The second kappa shape index (κ2) is 5.33. The first-order valence-corrected chi connectivity index (χ1v) is 6.67. The zero-order chi connectivity index (χ0) is 13.9. The third kappa shape index (κ3) is 2.50. The van der Waals surface area contributed by atoms with E-state index >= 15 is 0 Å². The number of hydrogen-bond donors (Lipinski definition) is 2. The number of amides is 1. The molecule has 20 heavy (non-hydrogen) atoms. The molecule has 2 aromatic carbocycles. The molecule has 1 aliphatic rings. The van der Waals surface area contributed by atoms with Gasteiger partial charge < -0.3 is 10.6 Å². The number of fused-ring (bicyclic) bond motifs is 1. The minimum absolute atomic E-state index is 0.219. The zero-order valence-corrected chi connectivity index (χ0v) is 10.9. The van der Waals surface area contributed by atoms with Crippen molar-refractivity contribution in [1.82, 2.24) is 0 Å². The van der Waals surface area contributed by atoms with E-state index in [1.807, 2.05) is 18.2 Å². The fraction of sp³-hybridized carbons (Fsp3) is 0.188. The van der Waals surface area contributed by atoms with Gasteiger partial charge in [-0.05, 0) is 54.8 Å². The van der Waals surface area contributed by atoms with Gasteiger partial charge in [0.15, 0.2) is 0 Å². The van der Waals surface area contributed by atoms with Gasteiger partial charge in [0.1, 0.15) is 5.82 Å². The van der Waals surface area contributed by atoms with Crippen LogP contribution < -0.4 is 10.6 Å². The molecule has 0 radical (unpaired) electrons. The van der Waals surface area contributed by atoms with Gasteiger partial charge in [-0.3, -0.25) is 4.79 Å². The second-order valence-electron chi connectivity index (χ2n) is 4.82. The van der Waals surface area contributed by atoms with E-state index in [9.17, 15) is 9.18 Å². The van der Waals surface area contributed by atoms with Crippen molar-refractivity contribution < 1.29 is 9.18 Å². The van der Waals surface area contributed by atoms with Crippen LogP contribution in [0.5, 0.6) is 0 Å². The van der Waals surface area contributed by atoms with Gasteiger partial charge >= 0.3 is 0 Å². The number of anilines is 2. The smallest absolute Gasteiger partial charge is 0.255 e. The Morgan fingerprint density at radius 3 is 2.75 bits per heavy atom. The van der Waals surface area contributed by atoms with Crippen LogP contribution >= 0.6 is 0 Å². The molecule has 3 rings (SSSR count). The molecule has 2 aromatic rings. The van der Waals surface area contributed by atoms with Crippen molar-refractivity contribution >= 4 is 17.3 Å². The quantitative estimate of drug-likeness (QED) is 0.877. The summed E-state index contributed by atoms with van der Waals surface area (Å²) >= 11 is 0. The number of hydrogen-bond acceptors (Lipinski definition) is 2. The van der Waals surface area contributed by atoms with Crippen molar-refractivity contribution in [1.29, 1.82) is 0 Å². The molecule has 0 aliphatic carbocycles. The highest BCUT2D eigenvalue weighted by molar-refractivity contribution is 6.05. The first-order valence-electron chi connectivity index (χ1n) is 6.67. The molecule has 0 spiro atoms. The Labute approximate surface area is 116 Å². The molecule has 0 unspecified atom stereocenters. The van der Waals surface area contributed by atoms with Crippen LogP contribution in [0.15, 0.2) is 42.5 Å². The molecule has 1 amide bonds. The maximum Gasteiger partial charge on any atom is 0.255 e. The van der Waals surface area contributed by atoms with Crippen molar-refractivity contribution in [2.75, 3.05) is 17.2 Å². The van der Waals surface area contributed by atoms with Crippen molar-refractivity contribution in [3.05, 3.63) is 59.4 Å². The largest absolute Gasteiger partial charge is 0.385 e. The first-order chi connectivity index (χ1) is 9.74. The third-order valence-electron chi connectivity index (χ3n) is 3.45. The fourth-order valence-corrected chi connectivity index (χ4v) is 2.42. The molecule has 1 heterocycles. The SMILES string of the molecule is O=C(Nc1cccc2c1CCCN2)c1ccc(F)cc1. The molecule has 2 N–H and O–H groups in total. The average Bonchev–Trinajstić information content (AvgIpc) is 2.48. The molecule has 1 aliphatic heterocycles. The summed E-state index contributed by atoms with van der Waals surface area (Å²) in [6, 6.07) is 11.4. The lowest BCUT2D eigenvalue weighted by Crippen LogP contribution is -2.17. The van der Waals surface area contributed by atoms with Crippen LogP contribution in [0.2, 0.25) is 0 Å². The monoisotopic (exact) mass is 270 g/mol. The number of benzene rings is 2. The summed E-state index contributed by atoms with van der Waals surface area (Å²) in [7, 11) is 0. The molecule has 4 heteroatoms. The number of carbonyl (C=O) groups excluding carboxylic acids is 1. The Bertz CT molecular complexity index is 637. The van der Waals surface area contributed by atoms with Crippen LogP contribution in [-0.4, -0.2) is 12.5 Å². The molecule has 0 bridgehead atoms. The highest BCUT2D eigenvalue weighted by Crippen LogP contribution is 2.29. The molecule has 0 saturated carbocycles. The summed E-state index contributed by atoms with van der Waals surface area (Å²) in [5.41, 5.74) is 3.49. The fourth-order valence-electron chi connectivity index (χ4n) is 2.42. The van der Waals surface area contributed by atoms with E-state index in [1.165, 1.54) is 24.3 Å². The Morgan fingerprint density at radius 2 is 1.95 bits per heavy atom. The number of nitrogens with one attached hydrogen (secondary N) is 2. The Kier molecular flexibility index (Phi) is 3.37. The topological polar surface area (TPSA) is 41.1 Å². The molecule has 0 aromatic heterocycles. The molecule has 102 valence electrons. The Hall–Kier alpha value is -2.36. The summed E-state index contributed by atoms with van der Waals surface area (Å²) < 4.78 is 12.9. The summed E-state index contributed by atoms with van der Waals surface area (Å²) in [5, 5.41) is 6.23. The lowest BCUT2D eigenvalue weighted by Gasteiger charge is -2.21. The average molecular weight is 270 g/mol. The van der Waals surface area contributed by atoms with Gasteiger partial charge in [0, 0.05) is 23.5 Å². The van der Waals surface area contributed by atoms with Crippen molar-refractivity contribution in [3.8, 4) is 0 Å². The van der Waals surface area contributed by atoms with Gasteiger partial charge in [-0.15, -0.1) is 0 Å². The Morgan fingerprint density at radius 1 is 1.15 bits per heavy atom. The standard InChI is InChI=1S/C16H15FN2O/c17-12-8-6-11(7-9-12)16(20)19-15-5-1-4-14-13(15)3-2-10-18-14/h1,4-9,18H,2-3,10H2,(H,19,20). The van der Waals surface area contributed by atoms with E-state index in [0.717, 1.165) is 36.3 Å². The van der Waals surface area contributed by atoms with Crippen molar-refractivity contribution in [2.24, 2.45) is 0 Å². The van der Waals surface area contributed by atoms with Crippen molar-refractivity contribution in [2.45, 2.75) is 12.8 Å². The lowest BCUT2D eigenvalue weighted by molar-refractivity contribution is 0.102. The molecular weight excluding hydrogens is 255 g/mol. The maximum atomic E-state index is 12.9. The van der Waals surface area contributed by atoms with E-state index in [-0.39, 0.29) is 11.7 Å². The van der Waals surface area contributed by atoms with E-state index in [0.29, 0.717) is 5.56 Å². The predicted molar refractivity (Wildman–Crippen MR) is 77.6 cm³/mol. The number of halogens is 1. The highest BCUT2D eigenvalue weighted by atomic mass is 19.1. The van der Waals surface area contributed by atoms with E-state index in [2.05, 4.69) is 10.6 Å². The summed E-state index contributed by atoms with van der Waals surface area (Å²) in [4.78, 5) is 12.2. The van der Waals surface area contributed by atoms with Crippen LogP contribution in [0.3, 0.4) is 0 Å². The van der Waals surface area contributed by atoms with Crippen LogP contribution in [-0.2, 0) is 6.42 Å². The van der Waals surface area contributed by atoms with E-state index < -0.39 is 0 Å².